The van der Waals surface area contributed by atoms with Crippen molar-refractivity contribution in [3.05, 3.63) is 23.3 Å². The van der Waals surface area contributed by atoms with E-state index in [4.69, 9.17) is 0 Å². The first kappa shape index (κ1) is 10.1. The lowest BCUT2D eigenvalue weighted by Crippen LogP contribution is -2.39. The highest BCUT2D eigenvalue weighted by molar-refractivity contribution is 5.81. The molecule has 0 aromatic rings. The molecule has 86 valence electrons. The van der Waals surface area contributed by atoms with E-state index in [2.05, 4.69) is 17.5 Å². The summed E-state index contributed by atoms with van der Waals surface area (Å²) < 4.78 is 0. The first-order chi connectivity index (χ1) is 7.72. The molecule has 0 aromatic carbocycles. The Bertz CT molecular complexity index is 397. The highest BCUT2D eigenvalue weighted by Crippen LogP contribution is 2.47. The third kappa shape index (κ3) is 1.27. The van der Waals surface area contributed by atoms with Crippen LogP contribution in [0.25, 0.3) is 0 Å². The van der Waals surface area contributed by atoms with Crippen molar-refractivity contribution in [1.82, 2.24) is 5.32 Å². The minimum atomic E-state index is -0.645. The van der Waals surface area contributed by atoms with Crippen LogP contribution in [-0.2, 0) is 4.79 Å². The van der Waals surface area contributed by atoms with Gasteiger partial charge in [-0.3, -0.25) is 4.79 Å². The van der Waals surface area contributed by atoms with Crippen LogP contribution in [0.4, 0.5) is 0 Å². The van der Waals surface area contributed by atoms with Gasteiger partial charge >= 0.3 is 5.97 Å². The molecule has 1 fully saturated rings. The molecule has 1 heterocycles. The Labute approximate surface area is 95.2 Å². The average Bonchev–Trinajstić information content (AvgIpc) is 2.69. The van der Waals surface area contributed by atoms with E-state index in [1.54, 1.807) is 0 Å². The molecule has 1 aliphatic heterocycles. The fraction of sp³-hybridized carbons (Fsp3) is 0.615. The SMILES string of the molecule is O=C(O)[C@]12CNCC1=CC1=CCCCC1C2. The Morgan fingerprint density at radius 2 is 2.44 bits per heavy atom. The van der Waals surface area contributed by atoms with Gasteiger partial charge in [-0.25, -0.2) is 0 Å². The van der Waals surface area contributed by atoms with E-state index in [9.17, 15) is 9.90 Å². The number of aliphatic carboxylic acids is 1. The Kier molecular flexibility index (Phi) is 2.18. The van der Waals surface area contributed by atoms with Gasteiger partial charge in [0.25, 0.3) is 0 Å². The standard InChI is InChI=1S/C13H17NO2/c15-12(16)13-6-10-4-2-1-3-9(10)5-11(13)7-14-8-13/h3,5,10,14H,1-2,4,6-8H2,(H,15,16)/t10?,13-/m1/s1. The zero-order valence-corrected chi connectivity index (χ0v) is 9.33. The van der Waals surface area contributed by atoms with Gasteiger partial charge < -0.3 is 10.4 Å². The van der Waals surface area contributed by atoms with Crippen molar-refractivity contribution in [3.8, 4) is 0 Å². The van der Waals surface area contributed by atoms with Crippen LogP contribution < -0.4 is 5.32 Å². The summed E-state index contributed by atoms with van der Waals surface area (Å²) in [5.74, 6) is -0.165. The first-order valence-electron chi connectivity index (χ1n) is 6.07. The fourth-order valence-corrected chi connectivity index (χ4v) is 3.37. The van der Waals surface area contributed by atoms with Crippen LogP contribution in [0.5, 0.6) is 0 Å². The molecule has 2 N–H and O–H groups in total. The van der Waals surface area contributed by atoms with E-state index in [0.717, 1.165) is 31.4 Å². The van der Waals surface area contributed by atoms with Crippen LogP contribution in [0.1, 0.15) is 25.7 Å². The van der Waals surface area contributed by atoms with E-state index in [1.807, 2.05) is 0 Å². The van der Waals surface area contributed by atoms with E-state index >= 15 is 0 Å². The van der Waals surface area contributed by atoms with Gasteiger partial charge in [0.05, 0.1) is 0 Å². The maximum atomic E-state index is 11.5. The Balaban J connectivity index is 2.04. The predicted octanol–water partition coefficient (Wildman–Crippen LogP) is 1.72. The van der Waals surface area contributed by atoms with Gasteiger partial charge in [0.1, 0.15) is 5.41 Å². The van der Waals surface area contributed by atoms with E-state index < -0.39 is 11.4 Å². The molecule has 3 rings (SSSR count). The molecular weight excluding hydrogens is 202 g/mol. The second-order valence-corrected chi connectivity index (χ2v) is 5.20. The number of fused-ring (bicyclic) bond motifs is 2. The smallest absolute Gasteiger partial charge is 0.315 e. The normalized spacial score (nSPS) is 37.1. The second-order valence-electron chi connectivity index (χ2n) is 5.20. The van der Waals surface area contributed by atoms with Crippen LogP contribution in [0.2, 0.25) is 0 Å². The first-order valence-corrected chi connectivity index (χ1v) is 6.07. The molecule has 16 heavy (non-hydrogen) atoms. The second kappa shape index (κ2) is 3.45. The molecule has 1 saturated heterocycles. The lowest BCUT2D eigenvalue weighted by Gasteiger charge is -2.36. The molecule has 0 radical (unpaired) electrons. The highest BCUT2D eigenvalue weighted by atomic mass is 16.4. The predicted molar refractivity (Wildman–Crippen MR) is 61.1 cm³/mol. The molecule has 2 aliphatic carbocycles. The van der Waals surface area contributed by atoms with E-state index in [-0.39, 0.29) is 0 Å². The van der Waals surface area contributed by atoms with Crippen molar-refractivity contribution in [2.24, 2.45) is 11.3 Å². The summed E-state index contributed by atoms with van der Waals surface area (Å²) in [5.41, 5.74) is 1.88. The number of carboxylic acids is 1. The lowest BCUT2D eigenvalue weighted by molar-refractivity contribution is -0.146. The third-order valence-electron chi connectivity index (χ3n) is 4.31. The number of rotatable bonds is 1. The summed E-state index contributed by atoms with van der Waals surface area (Å²) >= 11 is 0. The zero-order chi connectivity index (χ0) is 11.2. The number of hydrogen-bond donors (Lipinski definition) is 2. The summed E-state index contributed by atoms with van der Waals surface area (Å²) in [7, 11) is 0. The molecule has 3 heteroatoms. The van der Waals surface area contributed by atoms with Crippen molar-refractivity contribution >= 4 is 5.97 Å². The van der Waals surface area contributed by atoms with Gasteiger partial charge in [0.15, 0.2) is 0 Å². The van der Waals surface area contributed by atoms with E-state index in [0.29, 0.717) is 12.5 Å². The highest BCUT2D eigenvalue weighted by Gasteiger charge is 2.49. The maximum absolute atomic E-state index is 11.5. The van der Waals surface area contributed by atoms with Gasteiger partial charge in [-0.2, -0.15) is 0 Å². The fourth-order valence-electron chi connectivity index (χ4n) is 3.37. The molecule has 0 bridgehead atoms. The minimum absolute atomic E-state index is 0.480. The quantitative estimate of drug-likeness (QED) is 0.706. The van der Waals surface area contributed by atoms with Crippen molar-refractivity contribution in [1.29, 1.82) is 0 Å². The monoisotopic (exact) mass is 219 g/mol. The van der Waals surface area contributed by atoms with Crippen molar-refractivity contribution < 1.29 is 9.90 Å². The minimum Gasteiger partial charge on any atom is -0.481 e. The summed E-state index contributed by atoms with van der Waals surface area (Å²) in [6.45, 7) is 1.36. The summed E-state index contributed by atoms with van der Waals surface area (Å²) in [4.78, 5) is 11.5. The number of carbonyl (C=O) groups is 1. The van der Waals surface area contributed by atoms with Gasteiger partial charge in [-0.1, -0.05) is 12.2 Å². The average molecular weight is 219 g/mol. The summed E-state index contributed by atoms with van der Waals surface area (Å²) in [5, 5.41) is 12.7. The van der Waals surface area contributed by atoms with Crippen molar-refractivity contribution in [2.75, 3.05) is 13.1 Å². The molecule has 1 unspecified atom stereocenters. The molecule has 0 aromatic heterocycles. The molecule has 0 amide bonds. The molecule has 2 atom stereocenters. The van der Waals surface area contributed by atoms with Crippen molar-refractivity contribution in [2.45, 2.75) is 25.7 Å². The Hall–Kier alpha value is -1.09. The lowest BCUT2D eigenvalue weighted by atomic mass is 9.66. The van der Waals surface area contributed by atoms with Gasteiger partial charge in [0, 0.05) is 13.1 Å². The van der Waals surface area contributed by atoms with E-state index in [1.165, 1.54) is 12.0 Å². The molecule has 0 spiro atoms. The molecule has 3 aliphatic rings. The molecule has 0 saturated carbocycles. The molecule has 3 nitrogen and oxygen atoms in total. The zero-order valence-electron chi connectivity index (χ0n) is 9.33. The van der Waals surface area contributed by atoms with Gasteiger partial charge in [-0.15, -0.1) is 0 Å². The van der Waals surface area contributed by atoms with Gasteiger partial charge in [-0.05, 0) is 42.7 Å². The topological polar surface area (TPSA) is 49.3 Å². The van der Waals surface area contributed by atoms with Crippen LogP contribution in [-0.4, -0.2) is 24.2 Å². The number of hydrogen-bond acceptors (Lipinski definition) is 2. The molecular formula is C13H17NO2. The van der Waals surface area contributed by atoms with Crippen LogP contribution >= 0.6 is 0 Å². The van der Waals surface area contributed by atoms with Crippen LogP contribution in [0, 0.1) is 11.3 Å². The number of allylic oxidation sites excluding steroid dienone is 3. The number of carboxylic acid groups (broad SMARTS) is 1. The third-order valence-corrected chi connectivity index (χ3v) is 4.31. The summed E-state index contributed by atoms with van der Waals surface area (Å²) in [6.07, 6.45) is 8.77. The van der Waals surface area contributed by atoms with Crippen LogP contribution in [0.3, 0.4) is 0 Å². The largest absolute Gasteiger partial charge is 0.481 e. The van der Waals surface area contributed by atoms with Crippen LogP contribution in [0.15, 0.2) is 23.3 Å². The number of nitrogens with one attached hydrogen (secondary N) is 1. The van der Waals surface area contributed by atoms with Crippen molar-refractivity contribution in [3.63, 3.8) is 0 Å². The maximum Gasteiger partial charge on any atom is 0.315 e. The summed E-state index contributed by atoms with van der Waals surface area (Å²) in [6, 6.07) is 0. The Morgan fingerprint density at radius 1 is 1.56 bits per heavy atom. The van der Waals surface area contributed by atoms with Gasteiger partial charge in [0.2, 0.25) is 0 Å². The Morgan fingerprint density at radius 3 is 3.25 bits per heavy atom.